The summed E-state index contributed by atoms with van der Waals surface area (Å²) in [4.78, 5) is 9.84. The number of imidazole rings is 2. The monoisotopic (exact) mass is 358 g/mol. The molecule has 0 fully saturated rings. The topological polar surface area (TPSA) is 35.1 Å². The van der Waals surface area contributed by atoms with Gasteiger partial charge in [-0.15, -0.1) is 11.3 Å². The third-order valence-electron chi connectivity index (χ3n) is 3.38. The minimum Gasteiger partial charge on any atom is -0.325 e. The van der Waals surface area contributed by atoms with Gasteiger partial charge in [0.15, 0.2) is 0 Å². The highest BCUT2D eigenvalue weighted by molar-refractivity contribution is 9.10. The number of halogens is 1. The molecule has 0 N–H and O–H groups in total. The van der Waals surface area contributed by atoms with Crippen LogP contribution < -0.4 is 0 Å². The predicted molar refractivity (Wildman–Crippen MR) is 87.5 cm³/mol. The molecule has 0 atom stereocenters. The van der Waals surface area contributed by atoms with E-state index in [4.69, 9.17) is 0 Å². The van der Waals surface area contributed by atoms with E-state index in [-0.39, 0.29) is 0 Å². The van der Waals surface area contributed by atoms with Gasteiger partial charge in [-0.3, -0.25) is 4.40 Å². The fraction of sp³-hybridized carbons (Fsp3) is 0.0667. The molecule has 0 amide bonds. The molecule has 21 heavy (non-hydrogen) atoms. The number of hydrogen-bond donors (Lipinski definition) is 0. The third kappa shape index (κ3) is 2.30. The molecule has 0 saturated carbocycles. The lowest BCUT2D eigenvalue weighted by Crippen LogP contribution is -2.03. The molecule has 0 aliphatic rings. The third-order valence-corrected chi connectivity index (χ3v) is 4.84. The normalized spacial score (nSPS) is 11.3. The van der Waals surface area contributed by atoms with Crippen LogP contribution in [0.4, 0.5) is 0 Å². The first-order valence-corrected chi connectivity index (χ1v) is 8.14. The summed E-state index contributed by atoms with van der Waals surface area (Å²) in [6, 6.07) is 8.21. The van der Waals surface area contributed by atoms with Gasteiger partial charge in [0.2, 0.25) is 0 Å². The Morgan fingerprint density at radius 3 is 2.90 bits per heavy atom. The Bertz CT molecular complexity index is 888. The summed E-state index contributed by atoms with van der Waals surface area (Å²) < 4.78 is 5.35. The number of benzene rings is 1. The maximum Gasteiger partial charge on any atom is 0.140 e. The van der Waals surface area contributed by atoms with Crippen LogP contribution in [0.25, 0.3) is 16.2 Å². The number of thiazole rings is 1. The van der Waals surface area contributed by atoms with Gasteiger partial charge < -0.3 is 4.57 Å². The highest BCUT2D eigenvalue weighted by Gasteiger charge is 2.09. The molecule has 0 radical (unpaired) electrons. The molecule has 0 bridgehead atoms. The van der Waals surface area contributed by atoms with Crippen LogP contribution in [0.5, 0.6) is 0 Å². The van der Waals surface area contributed by atoms with Crippen LogP contribution in [0.15, 0.2) is 59.0 Å². The summed E-state index contributed by atoms with van der Waals surface area (Å²) in [5.41, 5.74) is 2.32. The SMILES string of the molecule is Brc1ccc(-c2nccn2Cc2csc3cncn23)cc1. The van der Waals surface area contributed by atoms with Crippen molar-refractivity contribution >= 4 is 32.1 Å². The number of rotatable bonds is 3. The predicted octanol–water partition coefficient (Wildman–Crippen LogP) is 4.07. The lowest BCUT2D eigenvalue weighted by molar-refractivity contribution is 0.774. The number of nitrogens with zero attached hydrogens (tertiary/aromatic N) is 4. The standard InChI is InChI=1S/C15H11BrN4S/c16-12-3-1-11(2-4-12)15-18-5-6-19(15)8-13-9-21-14-7-17-10-20(13)14/h1-7,9-10H,8H2. The molecule has 1 aromatic carbocycles. The summed E-state index contributed by atoms with van der Waals surface area (Å²) >= 11 is 5.17. The second-order valence-electron chi connectivity index (χ2n) is 4.71. The Hall–Kier alpha value is -1.92. The lowest BCUT2D eigenvalue weighted by atomic mass is 10.2. The van der Waals surface area contributed by atoms with Crippen LogP contribution in [0.1, 0.15) is 5.69 Å². The largest absolute Gasteiger partial charge is 0.325 e. The fourth-order valence-electron chi connectivity index (χ4n) is 2.35. The molecule has 4 rings (SSSR count). The Morgan fingerprint density at radius 2 is 2.05 bits per heavy atom. The van der Waals surface area contributed by atoms with Crippen LogP contribution in [-0.2, 0) is 6.54 Å². The summed E-state index contributed by atoms with van der Waals surface area (Å²) in [5.74, 6) is 0.974. The van der Waals surface area contributed by atoms with Crippen LogP contribution >= 0.6 is 27.3 Å². The van der Waals surface area contributed by atoms with Crippen LogP contribution in [0.2, 0.25) is 0 Å². The highest BCUT2D eigenvalue weighted by Crippen LogP contribution is 2.22. The zero-order chi connectivity index (χ0) is 14.2. The van der Waals surface area contributed by atoms with E-state index in [1.807, 2.05) is 37.1 Å². The van der Waals surface area contributed by atoms with Crippen molar-refractivity contribution in [3.63, 3.8) is 0 Å². The molecule has 4 nitrogen and oxygen atoms in total. The van der Waals surface area contributed by atoms with E-state index in [0.29, 0.717) is 0 Å². The zero-order valence-corrected chi connectivity index (χ0v) is 13.4. The maximum atomic E-state index is 4.49. The molecule has 0 unspecified atom stereocenters. The quantitative estimate of drug-likeness (QED) is 0.553. The van der Waals surface area contributed by atoms with Gasteiger partial charge in [0.1, 0.15) is 17.0 Å². The average molecular weight is 359 g/mol. The summed E-state index contributed by atoms with van der Waals surface area (Å²) in [6.45, 7) is 0.780. The zero-order valence-electron chi connectivity index (χ0n) is 11.0. The van der Waals surface area contributed by atoms with Gasteiger partial charge in [-0.2, -0.15) is 0 Å². The van der Waals surface area contributed by atoms with Crippen molar-refractivity contribution in [3.8, 4) is 11.4 Å². The minimum atomic E-state index is 0.780. The fourth-order valence-corrected chi connectivity index (χ4v) is 3.46. The van der Waals surface area contributed by atoms with Gasteiger partial charge in [-0.05, 0) is 12.1 Å². The number of fused-ring (bicyclic) bond motifs is 1. The van der Waals surface area contributed by atoms with Crippen LogP contribution in [0.3, 0.4) is 0 Å². The van der Waals surface area contributed by atoms with Crippen molar-refractivity contribution in [3.05, 3.63) is 64.7 Å². The molecule has 0 aliphatic carbocycles. The molecule has 6 heteroatoms. The Labute approximate surface area is 133 Å². The molecule has 0 aliphatic heterocycles. The number of hydrogen-bond acceptors (Lipinski definition) is 3. The summed E-state index contributed by atoms with van der Waals surface area (Å²) in [7, 11) is 0. The minimum absolute atomic E-state index is 0.780. The molecule has 4 aromatic rings. The Balaban J connectivity index is 1.72. The van der Waals surface area contributed by atoms with Crippen molar-refractivity contribution in [2.45, 2.75) is 6.54 Å². The van der Waals surface area contributed by atoms with Crippen molar-refractivity contribution in [1.29, 1.82) is 0 Å². The molecule has 3 aromatic heterocycles. The molecule has 0 spiro atoms. The van der Waals surface area contributed by atoms with Gasteiger partial charge in [-0.1, -0.05) is 28.1 Å². The van der Waals surface area contributed by atoms with Gasteiger partial charge in [0.05, 0.1) is 18.4 Å². The van der Waals surface area contributed by atoms with E-state index in [2.05, 4.69) is 52.4 Å². The average Bonchev–Trinajstić information content (AvgIpc) is 3.19. The van der Waals surface area contributed by atoms with Crippen molar-refractivity contribution in [2.24, 2.45) is 0 Å². The van der Waals surface area contributed by atoms with E-state index in [9.17, 15) is 0 Å². The van der Waals surface area contributed by atoms with E-state index < -0.39 is 0 Å². The molecular weight excluding hydrogens is 348 g/mol. The van der Waals surface area contributed by atoms with Crippen LogP contribution in [-0.4, -0.2) is 18.9 Å². The molecule has 104 valence electrons. The molecule has 3 heterocycles. The lowest BCUT2D eigenvalue weighted by Gasteiger charge is -2.07. The highest BCUT2D eigenvalue weighted by atomic mass is 79.9. The van der Waals surface area contributed by atoms with Gasteiger partial charge in [0.25, 0.3) is 0 Å². The van der Waals surface area contributed by atoms with E-state index >= 15 is 0 Å². The van der Waals surface area contributed by atoms with E-state index in [0.717, 1.165) is 27.2 Å². The first kappa shape index (κ1) is 12.8. The second-order valence-corrected chi connectivity index (χ2v) is 6.52. The summed E-state index contributed by atoms with van der Waals surface area (Å²) in [5, 5.41) is 2.17. The Morgan fingerprint density at radius 1 is 1.19 bits per heavy atom. The van der Waals surface area contributed by atoms with E-state index in [1.165, 1.54) is 5.69 Å². The van der Waals surface area contributed by atoms with Crippen molar-refractivity contribution in [2.75, 3.05) is 0 Å². The number of aromatic nitrogens is 4. The second kappa shape index (κ2) is 5.13. The summed E-state index contributed by atoms with van der Waals surface area (Å²) in [6.07, 6.45) is 7.60. The first-order valence-electron chi connectivity index (χ1n) is 6.47. The van der Waals surface area contributed by atoms with Crippen molar-refractivity contribution < 1.29 is 0 Å². The molecular formula is C15H11BrN4S. The first-order chi connectivity index (χ1) is 10.3. The van der Waals surface area contributed by atoms with E-state index in [1.54, 1.807) is 11.3 Å². The smallest absolute Gasteiger partial charge is 0.140 e. The van der Waals surface area contributed by atoms with Gasteiger partial charge in [-0.25, -0.2) is 9.97 Å². The molecule has 0 saturated heterocycles. The van der Waals surface area contributed by atoms with Gasteiger partial charge >= 0.3 is 0 Å². The van der Waals surface area contributed by atoms with Crippen molar-refractivity contribution in [1.82, 2.24) is 18.9 Å². The van der Waals surface area contributed by atoms with Gasteiger partial charge in [0, 0.05) is 27.8 Å². The maximum absolute atomic E-state index is 4.49. The van der Waals surface area contributed by atoms with Crippen LogP contribution in [0, 0.1) is 0 Å². The Kier molecular flexibility index (Phi) is 3.12.